The summed E-state index contributed by atoms with van der Waals surface area (Å²) in [6, 6.07) is 10.4. The lowest BCUT2D eigenvalue weighted by Gasteiger charge is -2.16. The third-order valence-electron chi connectivity index (χ3n) is 3.77. The van der Waals surface area contributed by atoms with E-state index in [0.717, 1.165) is 0 Å². The molecule has 0 radical (unpaired) electrons. The van der Waals surface area contributed by atoms with Gasteiger partial charge in [0.05, 0.1) is 30.8 Å². The van der Waals surface area contributed by atoms with E-state index in [2.05, 4.69) is 10.0 Å². The molecule has 0 saturated carbocycles. The summed E-state index contributed by atoms with van der Waals surface area (Å²) >= 11 is 0. The van der Waals surface area contributed by atoms with Crippen molar-refractivity contribution < 1.29 is 22.7 Å². The maximum Gasteiger partial charge on any atom is 0.242 e. The smallest absolute Gasteiger partial charge is 0.242 e. The summed E-state index contributed by atoms with van der Waals surface area (Å²) in [5, 5.41) is 2.65. The average Bonchev–Trinajstić information content (AvgIpc) is 2.61. The lowest BCUT2D eigenvalue weighted by Crippen LogP contribution is -2.41. The first kappa shape index (κ1) is 19.7. The number of rotatable bonds is 7. The molecule has 0 aliphatic carbocycles. The molecule has 1 amide bonds. The predicted octanol–water partition coefficient (Wildman–Crippen LogP) is 2.32. The maximum atomic E-state index is 12.5. The lowest BCUT2D eigenvalue weighted by molar-refractivity contribution is -0.117. The predicted molar refractivity (Wildman–Crippen MR) is 99.1 cm³/mol. The molecule has 2 aromatic carbocycles. The van der Waals surface area contributed by atoms with E-state index in [9.17, 15) is 13.2 Å². The van der Waals surface area contributed by atoms with Crippen LogP contribution in [-0.4, -0.2) is 34.6 Å². The highest BCUT2D eigenvalue weighted by atomic mass is 32.2. The molecule has 7 nitrogen and oxygen atoms in total. The number of carbonyl (C=O) groups excluding carboxylic acids is 1. The van der Waals surface area contributed by atoms with Gasteiger partial charge in [0.25, 0.3) is 0 Å². The Bertz CT molecular complexity index is 896. The van der Waals surface area contributed by atoms with Crippen molar-refractivity contribution in [2.45, 2.75) is 24.8 Å². The van der Waals surface area contributed by atoms with E-state index >= 15 is 0 Å². The largest absolute Gasteiger partial charge is 0.496 e. The fraction of sp³-hybridized carbons (Fsp3) is 0.278. The van der Waals surface area contributed by atoms with E-state index in [4.69, 9.17) is 9.47 Å². The van der Waals surface area contributed by atoms with Crippen molar-refractivity contribution in [3.63, 3.8) is 0 Å². The molecule has 0 aliphatic heterocycles. The number of carbonyl (C=O) groups is 1. The van der Waals surface area contributed by atoms with Crippen molar-refractivity contribution in [3.8, 4) is 11.5 Å². The zero-order valence-electron chi connectivity index (χ0n) is 15.1. The number of ether oxygens (including phenoxy) is 2. The zero-order valence-corrected chi connectivity index (χ0v) is 15.9. The summed E-state index contributed by atoms with van der Waals surface area (Å²) < 4.78 is 37.7. The Kier molecular flexibility index (Phi) is 6.23. The number of hydrogen-bond donors (Lipinski definition) is 2. The van der Waals surface area contributed by atoms with E-state index < -0.39 is 22.0 Å². The van der Waals surface area contributed by atoms with Crippen molar-refractivity contribution >= 4 is 21.6 Å². The van der Waals surface area contributed by atoms with Gasteiger partial charge in [0.1, 0.15) is 11.5 Å². The molecule has 26 heavy (non-hydrogen) atoms. The number of para-hydroxylation sites is 2. The van der Waals surface area contributed by atoms with Gasteiger partial charge >= 0.3 is 0 Å². The van der Waals surface area contributed by atoms with E-state index in [-0.39, 0.29) is 4.90 Å². The second kappa shape index (κ2) is 8.20. The fourth-order valence-electron chi connectivity index (χ4n) is 2.36. The van der Waals surface area contributed by atoms with Gasteiger partial charge in [-0.25, -0.2) is 8.42 Å². The molecule has 0 bridgehead atoms. The molecular weight excluding hydrogens is 356 g/mol. The fourth-order valence-corrected chi connectivity index (χ4v) is 3.65. The summed E-state index contributed by atoms with van der Waals surface area (Å²) in [5.41, 5.74) is 1.15. The monoisotopic (exact) mass is 378 g/mol. The molecule has 0 fully saturated rings. The van der Waals surface area contributed by atoms with Crippen LogP contribution in [0.15, 0.2) is 47.4 Å². The number of anilines is 1. The molecule has 0 spiro atoms. The second-order valence-corrected chi connectivity index (χ2v) is 7.38. The van der Waals surface area contributed by atoms with Gasteiger partial charge in [0, 0.05) is 0 Å². The van der Waals surface area contributed by atoms with Crippen LogP contribution >= 0.6 is 0 Å². The molecular formula is C18H22N2O5S. The number of hydrogen-bond acceptors (Lipinski definition) is 5. The van der Waals surface area contributed by atoms with Crippen LogP contribution in [0, 0.1) is 6.92 Å². The molecule has 0 aliphatic rings. The van der Waals surface area contributed by atoms with Crippen LogP contribution in [0.5, 0.6) is 11.5 Å². The Morgan fingerprint density at radius 1 is 1.04 bits per heavy atom. The SMILES string of the molecule is COc1ccc(S(=O)(=O)NC(C)C(=O)Nc2ccccc2OC)cc1C. The molecule has 2 aromatic rings. The normalized spacial score (nSPS) is 12.3. The van der Waals surface area contributed by atoms with Crippen LogP contribution in [0.2, 0.25) is 0 Å². The lowest BCUT2D eigenvalue weighted by atomic mass is 10.2. The third kappa shape index (κ3) is 4.53. The van der Waals surface area contributed by atoms with Crippen molar-refractivity contribution in [1.82, 2.24) is 4.72 Å². The van der Waals surface area contributed by atoms with Crippen molar-refractivity contribution in [1.29, 1.82) is 0 Å². The molecule has 8 heteroatoms. The van der Waals surface area contributed by atoms with Crippen LogP contribution in [0.1, 0.15) is 12.5 Å². The topological polar surface area (TPSA) is 93.7 Å². The summed E-state index contributed by atoms with van der Waals surface area (Å²) in [4.78, 5) is 12.4. The Balaban J connectivity index is 2.13. The van der Waals surface area contributed by atoms with E-state index in [1.165, 1.54) is 33.3 Å². The average molecular weight is 378 g/mol. The minimum Gasteiger partial charge on any atom is -0.496 e. The third-order valence-corrected chi connectivity index (χ3v) is 5.31. The Hall–Kier alpha value is -2.58. The Morgan fingerprint density at radius 2 is 1.69 bits per heavy atom. The number of aryl methyl sites for hydroxylation is 1. The molecule has 1 atom stereocenters. The Morgan fingerprint density at radius 3 is 2.31 bits per heavy atom. The summed E-state index contributed by atoms with van der Waals surface area (Å²) in [7, 11) is -0.855. The Labute approximate surface area is 153 Å². The highest BCUT2D eigenvalue weighted by molar-refractivity contribution is 7.89. The van der Waals surface area contributed by atoms with Gasteiger partial charge in [-0.05, 0) is 49.7 Å². The van der Waals surface area contributed by atoms with Crippen LogP contribution in [0.25, 0.3) is 0 Å². The summed E-state index contributed by atoms with van der Waals surface area (Å²) in [6.45, 7) is 3.22. The zero-order chi connectivity index (χ0) is 19.3. The second-order valence-electron chi connectivity index (χ2n) is 5.66. The standard InChI is InChI=1S/C18H22N2O5S/c1-12-11-14(9-10-16(12)24-3)26(22,23)20-13(2)18(21)19-15-7-5-6-8-17(15)25-4/h5-11,13,20H,1-4H3,(H,19,21). The van der Waals surface area contributed by atoms with E-state index in [1.807, 2.05) is 0 Å². The number of benzene rings is 2. The first-order valence-corrected chi connectivity index (χ1v) is 9.37. The minimum atomic E-state index is -3.86. The van der Waals surface area contributed by atoms with Crippen LogP contribution in [0.3, 0.4) is 0 Å². The number of methoxy groups -OCH3 is 2. The first-order valence-electron chi connectivity index (χ1n) is 7.89. The molecule has 0 aromatic heterocycles. The molecule has 2 N–H and O–H groups in total. The molecule has 0 saturated heterocycles. The number of nitrogens with one attached hydrogen (secondary N) is 2. The van der Waals surface area contributed by atoms with Crippen LogP contribution in [-0.2, 0) is 14.8 Å². The van der Waals surface area contributed by atoms with E-state index in [1.54, 1.807) is 37.3 Å². The van der Waals surface area contributed by atoms with Gasteiger partial charge in [-0.2, -0.15) is 4.72 Å². The first-order chi connectivity index (χ1) is 12.3. The van der Waals surface area contributed by atoms with Gasteiger partial charge in [0.15, 0.2) is 0 Å². The van der Waals surface area contributed by atoms with Gasteiger partial charge in [-0.1, -0.05) is 12.1 Å². The van der Waals surface area contributed by atoms with Gasteiger partial charge in [0.2, 0.25) is 15.9 Å². The van der Waals surface area contributed by atoms with Crippen LogP contribution in [0.4, 0.5) is 5.69 Å². The molecule has 140 valence electrons. The van der Waals surface area contributed by atoms with Crippen molar-refractivity contribution in [3.05, 3.63) is 48.0 Å². The van der Waals surface area contributed by atoms with Gasteiger partial charge in [-0.15, -0.1) is 0 Å². The summed E-state index contributed by atoms with van der Waals surface area (Å²) in [6.07, 6.45) is 0. The number of sulfonamides is 1. The van der Waals surface area contributed by atoms with Crippen LogP contribution < -0.4 is 19.5 Å². The molecule has 1 unspecified atom stereocenters. The highest BCUT2D eigenvalue weighted by Crippen LogP contribution is 2.24. The maximum absolute atomic E-state index is 12.5. The van der Waals surface area contributed by atoms with Crippen molar-refractivity contribution in [2.24, 2.45) is 0 Å². The highest BCUT2D eigenvalue weighted by Gasteiger charge is 2.23. The summed E-state index contributed by atoms with van der Waals surface area (Å²) in [5.74, 6) is 0.580. The van der Waals surface area contributed by atoms with Gasteiger partial charge < -0.3 is 14.8 Å². The molecule has 0 heterocycles. The molecule has 2 rings (SSSR count). The van der Waals surface area contributed by atoms with E-state index in [0.29, 0.717) is 22.7 Å². The van der Waals surface area contributed by atoms with Gasteiger partial charge in [-0.3, -0.25) is 4.79 Å². The van der Waals surface area contributed by atoms with Crippen molar-refractivity contribution in [2.75, 3.05) is 19.5 Å². The number of amides is 1. The minimum absolute atomic E-state index is 0.0627. The quantitative estimate of drug-likeness (QED) is 0.771.